The van der Waals surface area contributed by atoms with E-state index in [0.717, 1.165) is 5.69 Å². The molecule has 5 nitrogen and oxygen atoms in total. The van der Waals surface area contributed by atoms with Crippen molar-refractivity contribution >= 4 is 11.8 Å². The van der Waals surface area contributed by atoms with Gasteiger partial charge in [-0.05, 0) is 68.4 Å². The third-order valence-corrected chi connectivity index (χ3v) is 4.47. The molecule has 1 heterocycles. The smallest absolute Gasteiger partial charge is 0.387 e. The van der Waals surface area contributed by atoms with E-state index >= 15 is 0 Å². The van der Waals surface area contributed by atoms with Gasteiger partial charge in [-0.15, -0.1) is 0 Å². The van der Waals surface area contributed by atoms with Gasteiger partial charge in [-0.25, -0.2) is 9.18 Å². The van der Waals surface area contributed by atoms with Crippen molar-refractivity contribution in [1.82, 2.24) is 4.57 Å². The molecule has 0 amide bonds. The van der Waals surface area contributed by atoms with Crippen LogP contribution in [0, 0.1) is 19.7 Å². The minimum Gasteiger partial charge on any atom is -0.454 e. The number of carbonyl (C=O) groups excluding carboxylic acids is 2. The Morgan fingerprint density at radius 1 is 1.00 bits per heavy atom. The number of halogens is 3. The van der Waals surface area contributed by atoms with E-state index in [1.54, 1.807) is 29.7 Å². The summed E-state index contributed by atoms with van der Waals surface area (Å²) in [6.07, 6.45) is 0. The molecule has 0 atom stereocenters. The first-order chi connectivity index (χ1) is 14.3. The number of hydrogen-bond donors (Lipinski definition) is 0. The van der Waals surface area contributed by atoms with Gasteiger partial charge < -0.3 is 14.0 Å². The molecule has 0 aliphatic carbocycles. The van der Waals surface area contributed by atoms with Crippen LogP contribution in [0.25, 0.3) is 5.69 Å². The third-order valence-electron chi connectivity index (χ3n) is 4.47. The summed E-state index contributed by atoms with van der Waals surface area (Å²) in [4.78, 5) is 24.7. The highest BCUT2D eigenvalue weighted by molar-refractivity contribution is 6.00. The predicted molar refractivity (Wildman–Crippen MR) is 103 cm³/mol. The van der Waals surface area contributed by atoms with Gasteiger partial charge in [0.2, 0.25) is 5.78 Å². The number of nitrogens with zero attached hydrogens (tertiary/aromatic N) is 1. The molecule has 8 heteroatoms. The first kappa shape index (κ1) is 21.2. The monoisotopic (exact) mass is 417 g/mol. The van der Waals surface area contributed by atoms with Gasteiger partial charge in [-0.1, -0.05) is 0 Å². The van der Waals surface area contributed by atoms with Gasteiger partial charge in [-0.2, -0.15) is 8.78 Å². The molecule has 0 bridgehead atoms. The third kappa shape index (κ3) is 4.71. The van der Waals surface area contributed by atoms with Crippen LogP contribution in [0.5, 0.6) is 5.75 Å². The lowest BCUT2D eigenvalue weighted by Gasteiger charge is -2.10. The van der Waals surface area contributed by atoms with Gasteiger partial charge >= 0.3 is 12.6 Å². The van der Waals surface area contributed by atoms with E-state index in [4.69, 9.17) is 4.74 Å². The lowest BCUT2D eigenvalue weighted by molar-refractivity contribution is -0.0498. The SMILES string of the molecule is Cc1cc(C(=O)COC(=O)c2ccc(OC(F)F)cc2)c(C)n1-c1ccc(F)cc1. The van der Waals surface area contributed by atoms with Crippen LogP contribution in [-0.2, 0) is 4.74 Å². The van der Waals surface area contributed by atoms with Crippen LogP contribution >= 0.6 is 0 Å². The van der Waals surface area contributed by atoms with Crippen LogP contribution in [-0.4, -0.2) is 29.5 Å². The van der Waals surface area contributed by atoms with Crippen molar-refractivity contribution in [3.63, 3.8) is 0 Å². The summed E-state index contributed by atoms with van der Waals surface area (Å²) in [5, 5.41) is 0. The number of ether oxygens (including phenoxy) is 2. The van der Waals surface area contributed by atoms with Crippen molar-refractivity contribution < 1.29 is 32.2 Å². The van der Waals surface area contributed by atoms with Crippen molar-refractivity contribution in [2.45, 2.75) is 20.5 Å². The van der Waals surface area contributed by atoms with Crippen LogP contribution in [0.3, 0.4) is 0 Å². The fourth-order valence-electron chi connectivity index (χ4n) is 3.10. The molecule has 0 N–H and O–H groups in total. The summed E-state index contributed by atoms with van der Waals surface area (Å²) in [6.45, 7) is 0.103. The van der Waals surface area contributed by atoms with E-state index in [1.807, 2.05) is 6.92 Å². The van der Waals surface area contributed by atoms with E-state index in [-0.39, 0.29) is 17.1 Å². The van der Waals surface area contributed by atoms with Crippen LogP contribution < -0.4 is 4.74 Å². The summed E-state index contributed by atoms with van der Waals surface area (Å²) >= 11 is 0. The average Bonchev–Trinajstić information content (AvgIpc) is 3.01. The number of aryl methyl sites for hydroxylation is 1. The van der Waals surface area contributed by atoms with E-state index < -0.39 is 25.0 Å². The first-order valence-corrected chi connectivity index (χ1v) is 8.96. The number of rotatable bonds is 7. The standard InChI is InChI=1S/C22H18F3NO4/c1-13-11-19(14(2)26(13)17-7-5-16(23)6-8-17)20(27)12-29-21(28)15-3-9-18(10-4-15)30-22(24)25/h3-11,22H,12H2,1-2H3. The molecule has 0 radical (unpaired) electrons. The van der Waals surface area contributed by atoms with Gasteiger partial charge in [0, 0.05) is 22.6 Å². The second-order valence-corrected chi connectivity index (χ2v) is 6.50. The van der Waals surface area contributed by atoms with Gasteiger partial charge in [-0.3, -0.25) is 4.79 Å². The largest absolute Gasteiger partial charge is 0.454 e. The molecule has 156 valence electrons. The van der Waals surface area contributed by atoms with Gasteiger partial charge in [0.15, 0.2) is 6.61 Å². The predicted octanol–water partition coefficient (Wildman–Crippen LogP) is 4.87. The Morgan fingerprint density at radius 2 is 1.63 bits per heavy atom. The Bertz CT molecular complexity index is 1060. The van der Waals surface area contributed by atoms with Crippen LogP contribution in [0.15, 0.2) is 54.6 Å². The first-order valence-electron chi connectivity index (χ1n) is 8.96. The number of esters is 1. The molecule has 0 aliphatic rings. The summed E-state index contributed by atoms with van der Waals surface area (Å²) in [5.74, 6) is -1.62. The maximum atomic E-state index is 13.2. The lowest BCUT2D eigenvalue weighted by atomic mass is 10.1. The molecule has 0 fully saturated rings. The average molecular weight is 417 g/mol. The Hall–Kier alpha value is -3.55. The maximum Gasteiger partial charge on any atom is 0.387 e. The molecule has 3 aromatic rings. The number of benzene rings is 2. The number of ketones is 1. The highest BCUT2D eigenvalue weighted by atomic mass is 19.3. The molecular formula is C22H18F3NO4. The summed E-state index contributed by atoms with van der Waals surface area (Å²) in [6, 6.07) is 12.5. The Balaban J connectivity index is 1.68. The van der Waals surface area contributed by atoms with E-state index in [1.165, 1.54) is 36.4 Å². The van der Waals surface area contributed by atoms with Crippen molar-refractivity contribution in [1.29, 1.82) is 0 Å². The zero-order valence-corrected chi connectivity index (χ0v) is 16.2. The number of aromatic nitrogens is 1. The molecule has 0 saturated carbocycles. The molecule has 30 heavy (non-hydrogen) atoms. The summed E-state index contributed by atoms with van der Waals surface area (Å²) in [5.41, 5.74) is 2.58. The molecule has 1 aromatic heterocycles. The molecule has 0 saturated heterocycles. The molecule has 3 rings (SSSR count). The number of alkyl halides is 2. The van der Waals surface area contributed by atoms with Gasteiger partial charge in [0.25, 0.3) is 0 Å². The van der Waals surface area contributed by atoms with Gasteiger partial charge in [0.1, 0.15) is 11.6 Å². The molecule has 2 aromatic carbocycles. The van der Waals surface area contributed by atoms with Crippen molar-refractivity contribution in [3.05, 3.63) is 82.9 Å². The van der Waals surface area contributed by atoms with Crippen molar-refractivity contribution in [3.8, 4) is 11.4 Å². The summed E-state index contributed by atoms with van der Waals surface area (Å²) < 4.78 is 48.6. The fraction of sp³-hybridized carbons (Fsp3) is 0.182. The normalized spacial score (nSPS) is 10.9. The van der Waals surface area contributed by atoms with Crippen molar-refractivity contribution in [2.75, 3.05) is 6.61 Å². The van der Waals surface area contributed by atoms with Crippen LogP contribution in [0.4, 0.5) is 13.2 Å². The molecule has 0 aliphatic heterocycles. The van der Waals surface area contributed by atoms with E-state index in [9.17, 15) is 22.8 Å². The Labute approximate surface area is 170 Å². The maximum absolute atomic E-state index is 13.2. The molecule has 0 spiro atoms. The topological polar surface area (TPSA) is 57.5 Å². The quantitative estimate of drug-likeness (QED) is 0.406. The fourth-order valence-corrected chi connectivity index (χ4v) is 3.10. The summed E-state index contributed by atoms with van der Waals surface area (Å²) in [7, 11) is 0. The minimum absolute atomic E-state index is 0.0918. The lowest BCUT2D eigenvalue weighted by Crippen LogP contribution is -2.15. The van der Waals surface area contributed by atoms with Crippen LogP contribution in [0.2, 0.25) is 0 Å². The second-order valence-electron chi connectivity index (χ2n) is 6.50. The van der Waals surface area contributed by atoms with Gasteiger partial charge in [0.05, 0.1) is 5.56 Å². The highest BCUT2D eigenvalue weighted by Gasteiger charge is 2.19. The zero-order valence-electron chi connectivity index (χ0n) is 16.2. The van der Waals surface area contributed by atoms with Crippen LogP contribution in [0.1, 0.15) is 32.1 Å². The molecule has 0 unspecified atom stereocenters. The highest BCUT2D eigenvalue weighted by Crippen LogP contribution is 2.22. The number of hydrogen-bond acceptors (Lipinski definition) is 4. The van der Waals surface area contributed by atoms with Crippen molar-refractivity contribution in [2.24, 2.45) is 0 Å². The van der Waals surface area contributed by atoms with E-state index in [0.29, 0.717) is 16.9 Å². The number of Topliss-reactive ketones (excluding diaryl/α,β-unsaturated/α-hetero) is 1. The minimum atomic E-state index is -2.96. The Kier molecular flexibility index (Phi) is 6.25. The second kappa shape index (κ2) is 8.86. The Morgan fingerprint density at radius 3 is 2.23 bits per heavy atom. The number of carbonyl (C=O) groups is 2. The molecular weight excluding hydrogens is 399 g/mol. The van der Waals surface area contributed by atoms with E-state index in [2.05, 4.69) is 4.74 Å². The zero-order chi connectivity index (χ0) is 21.8.